The van der Waals surface area contributed by atoms with E-state index >= 15 is 0 Å². The maximum atomic E-state index is 5.40. The number of ether oxygens (including phenoxy) is 1. The van der Waals surface area contributed by atoms with Crippen molar-refractivity contribution in [1.29, 1.82) is 0 Å². The van der Waals surface area contributed by atoms with Crippen LogP contribution in [0.5, 0.6) is 6.01 Å². The Balaban J connectivity index is 2.74. The predicted molar refractivity (Wildman–Crippen MR) is 66.2 cm³/mol. The summed E-state index contributed by atoms with van der Waals surface area (Å²) in [5, 5.41) is 3.81. The van der Waals surface area contributed by atoms with E-state index in [-0.39, 0.29) is 0 Å². The summed E-state index contributed by atoms with van der Waals surface area (Å²) in [5.74, 6) is 0.590. The van der Waals surface area contributed by atoms with Crippen LogP contribution in [0.4, 0.5) is 5.95 Å². The Morgan fingerprint density at radius 3 is 2.62 bits per heavy atom. The molecule has 0 aliphatic heterocycles. The molecule has 0 bridgehead atoms. The Morgan fingerprint density at radius 1 is 1.19 bits per heavy atom. The second-order valence-corrected chi connectivity index (χ2v) is 3.98. The maximum absolute atomic E-state index is 5.40. The van der Waals surface area contributed by atoms with Gasteiger partial charge >= 0.3 is 6.01 Å². The molecule has 0 aliphatic rings. The maximum Gasteiger partial charge on any atom is 0.322 e. The lowest BCUT2D eigenvalue weighted by atomic mass is 10.5. The number of hydrogen-bond donors (Lipinski definition) is 1. The minimum absolute atomic E-state index is 0.403. The molecule has 1 rings (SSSR count). The molecule has 0 spiro atoms. The molecule has 6 heteroatoms. The lowest BCUT2D eigenvalue weighted by molar-refractivity contribution is 0.288. The number of thioether (sulfide) groups is 1. The van der Waals surface area contributed by atoms with Crippen molar-refractivity contribution < 1.29 is 4.74 Å². The molecule has 0 unspecified atom stereocenters. The molecule has 0 amide bonds. The lowest BCUT2D eigenvalue weighted by Crippen LogP contribution is -2.08. The lowest BCUT2D eigenvalue weighted by Gasteiger charge is -2.07. The molecule has 1 heterocycles. The molecular weight excluding hydrogens is 224 g/mol. The molecule has 5 nitrogen and oxygen atoms in total. The average molecular weight is 242 g/mol. The summed E-state index contributed by atoms with van der Waals surface area (Å²) >= 11 is 1.48. The van der Waals surface area contributed by atoms with Crippen LogP contribution in [0.3, 0.4) is 0 Å². The fourth-order valence-corrected chi connectivity index (χ4v) is 1.35. The molecule has 90 valence electrons. The quantitative estimate of drug-likeness (QED) is 0.740. The van der Waals surface area contributed by atoms with Crippen LogP contribution in [0.1, 0.15) is 26.7 Å². The number of nitrogens with one attached hydrogen (secondary N) is 1. The average Bonchev–Trinajstić information content (AvgIpc) is 2.33. The van der Waals surface area contributed by atoms with Crippen LogP contribution < -0.4 is 10.1 Å². The van der Waals surface area contributed by atoms with Gasteiger partial charge in [-0.15, -0.1) is 0 Å². The van der Waals surface area contributed by atoms with E-state index in [2.05, 4.69) is 27.2 Å². The number of aromatic nitrogens is 3. The van der Waals surface area contributed by atoms with Gasteiger partial charge in [-0.2, -0.15) is 15.0 Å². The molecular formula is C10H18N4OS. The summed E-state index contributed by atoms with van der Waals surface area (Å²) in [6.45, 7) is 5.63. The van der Waals surface area contributed by atoms with E-state index in [1.807, 2.05) is 13.2 Å². The molecule has 16 heavy (non-hydrogen) atoms. The first-order valence-electron chi connectivity index (χ1n) is 5.46. The van der Waals surface area contributed by atoms with E-state index in [0.29, 0.717) is 23.7 Å². The monoisotopic (exact) mass is 242 g/mol. The zero-order valence-corrected chi connectivity index (χ0v) is 10.8. The second-order valence-electron chi connectivity index (χ2n) is 3.20. The Bertz CT molecular complexity index is 295. The Morgan fingerprint density at radius 2 is 2.00 bits per heavy atom. The smallest absolute Gasteiger partial charge is 0.322 e. The third-order valence-electron chi connectivity index (χ3n) is 1.75. The summed E-state index contributed by atoms with van der Waals surface area (Å²) in [6.07, 6.45) is 3.91. The van der Waals surface area contributed by atoms with Gasteiger partial charge in [-0.3, -0.25) is 0 Å². The molecule has 0 aromatic carbocycles. The summed E-state index contributed by atoms with van der Waals surface area (Å²) in [6, 6.07) is 0.403. The van der Waals surface area contributed by atoms with Crippen LogP contribution in [-0.4, -0.2) is 34.4 Å². The highest BCUT2D eigenvalue weighted by Crippen LogP contribution is 2.14. The van der Waals surface area contributed by atoms with Gasteiger partial charge in [-0.25, -0.2) is 0 Å². The highest BCUT2D eigenvalue weighted by atomic mass is 32.2. The Hall–Kier alpha value is -1.04. The molecule has 0 fully saturated rings. The first-order chi connectivity index (χ1) is 7.80. The van der Waals surface area contributed by atoms with E-state index in [0.717, 1.165) is 19.4 Å². The van der Waals surface area contributed by atoms with Gasteiger partial charge in [-0.05, 0) is 19.1 Å². The van der Waals surface area contributed by atoms with Gasteiger partial charge in [0.25, 0.3) is 0 Å². The predicted octanol–water partition coefficient (Wildman–Crippen LogP) is 2.20. The molecule has 1 N–H and O–H groups in total. The number of hydrogen-bond acceptors (Lipinski definition) is 6. The minimum Gasteiger partial charge on any atom is -0.463 e. The van der Waals surface area contributed by atoms with Gasteiger partial charge < -0.3 is 10.1 Å². The first-order valence-corrected chi connectivity index (χ1v) is 6.69. The topological polar surface area (TPSA) is 59.9 Å². The fraction of sp³-hybridized carbons (Fsp3) is 0.700. The van der Waals surface area contributed by atoms with Crippen molar-refractivity contribution >= 4 is 17.7 Å². The van der Waals surface area contributed by atoms with Crippen molar-refractivity contribution in [3.05, 3.63) is 0 Å². The van der Waals surface area contributed by atoms with Crippen LogP contribution in [0, 0.1) is 0 Å². The van der Waals surface area contributed by atoms with E-state index < -0.39 is 0 Å². The van der Waals surface area contributed by atoms with Gasteiger partial charge in [0.05, 0.1) is 6.61 Å². The summed E-state index contributed by atoms with van der Waals surface area (Å²) in [4.78, 5) is 12.6. The first kappa shape index (κ1) is 13.0. The van der Waals surface area contributed by atoms with Gasteiger partial charge in [-0.1, -0.05) is 25.6 Å². The van der Waals surface area contributed by atoms with Crippen molar-refractivity contribution in [1.82, 2.24) is 15.0 Å². The zero-order valence-electron chi connectivity index (χ0n) is 9.99. The summed E-state index contributed by atoms with van der Waals surface area (Å²) in [5.41, 5.74) is 0. The molecule has 0 saturated heterocycles. The van der Waals surface area contributed by atoms with Crippen molar-refractivity contribution in [3.63, 3.8) is 0 Å². The van der Waals surface area contributed by atoms with Gasteiger partial charge in [0.15, 0.2) is 5.16 Å². The minimum atomic E-state index is 0.403. The second kappa shape index (κ2) is 7.27. The van der Waals surface area contributed by atoms with Crippen LogP contribution in [-0.2, 0) is 0 Å². The summed E-state index contributed by atoms with van der Waals surface area (Å²) < 4.78 is 5.40. The molecule has 0 atom stereocenters. The molecule has 1 aromatic rings. The number of rotatable bonds is 7. The van der Waals surface area contributed by atoms with E-state index in [4.69, 9.17) is 4.74 Å². The van der Waals surface area contributed by atoms with Crippen molar-refractivity contribution in [2.24, 2.45) is 0 Å². The molecule has 1 aromatic heterocycles. The third kappa shape index (κ3) is 4.22. The fourth-order valence-electron chi connectivity index (χ4n) is 1.00. The molecule has 0 aliphatic carbocycles. The highest BCUT2D eigenvalue weighted by molar-refractivity contribution is 7.98. The zero-order chi connectivity index (χ0) is 11.8. The van der Waals surface area contributed by atoms with Gasteiger partial charge in [0.2, 0.25) is 5.95 Å². The van der Waals surface area contributed by atoms with Crippen LogP contribution in [0.25, 0.3) is 0 Å². The molecule has 0 radical (unpaired) electrons. The van der Waals surface area contributed by atoms with Crippen LogP contribution in [0.2, 0.25) is 0 Å². The van der Waals surface area contributed by atoms with E-state index in [9.17, 15) is 0 Å². The van der Waals surface area contributed by atoms with Gasteiger partial charge in [0.1, 0.15) is 0 Å². The Kier molecular flexibility index (Phi) is 5.92. The van der Waals surface area contributed by atoms with E-state index in [1.165, 1.54) is 11.8 Å². The normalized spacial score (nSPS) is 10.2. The van der Waals surface area contributed by atoms with E-state index in [1.54, 1.807) is 0 Å². The number of nitrogens with zero attached hydrogens (tertiary/aromatic N) is 3. The van der Waals surface area contributed by atoms with Crippen molar-refractivity contribution in [2.75, 3.05) is 24.7 Å². The Labute approximate surface area is 100 Å². The molecule has 0 saturated carbocycles. The highest BCUT2D eigenvalue weighted by Gasteiger charge is 2.05. The summed E-state index contributed by atoms with van der Waals surface area (Å²) in [7, 11) is 0. The van der Waals surface area contributed by atoms with Crippen LogP contribution in [0.15, 0.2) is 5.16 Å². The number of anilines is 1. The van der Waals surface area contributed by atoms with Crippen molar-refractivity contribution in [2.45, 2.75) is 31.8 Å². The largest absolute Gasteiger partial charge is 0.463 e. The third-order valence-corrected chi connectivity index (χ3v) is 2.29. The van der Waals surface area contributed by atoms with Crippen molar-refractivity contribution in [3.8, 4) is 6.01 Å². The SMILES string of the molecule is CCCNc1nc(OCCC)nc(SC)n1. The van der Waals surface area contributed by atoms with Gasteiger partial charge in [0, 0.05) is 6.54 Å². The van der Waals surface area contributed by atoms with Crippen LogP contribution >= 0.6 is 11.8 Å². The standard InChI is InChI=1S/C10H18N4OS/c1-4-6-11-8-12-9(15-7-5-2)14-10(13-8)16-3/h4-7H2,1-3H3,(H,11,12,13,14).